The highest BCUT2D eigenvalue weighted by Gasteiger charge is 2.19. The van der Waals surface area contributed by atoms with E-state index in [9.17, 15) is 17.6 Å². The van der Waals surface area contributed by atoms with Crippen molar-refractivity contribution in [2.75, 3.05) is 0 Å². The van der Waals surface area contributed by atoms with E-state index >= 15 is 0 Å². The zero-order valence-corrected chi connectivity index (χ0v) is 16.0. The van der Waals surface area contributed by atoms with Crippen LogP contribution in [0.2, 0.25) is 5.02 Å². The fourth-order valence-electron chi connectivity index (χ4n) is 3.03. The number of aromatic amines is 1. The smallest absolute Gasteiger partial charge is 0.304 e. The second-order valence-corrected chi connectivity index (χ2v) is 8.24. The van der Waals surface area contributed by atoms with Gasteiger partial charge in [0.15, 0.2) is 5.65 Å². The molecule has 4 aromatic rings. The summed E-state index contributed by atoms with van der Waals surface area (Å²) in [5.74, 6) is -0.884. The summed E-state index contributed by atoms with van der Waals surface area (Å²) in [5.41, 5.74) is 1.63. The first-order valence-electron chi connectivity index (χ1n) is 8.01. The normalized spacial score (nSPS) is 12.1. The van der Waals surface area contributed by atoms with Crippen LogP contribution >= 0.6 is 11.6 Å². The van der Waals surface area contributed by atoms with Crippen molar-refractivity contribution >= 4 is 43.7 Å². The van der Waals surface area contributed by atoms with E-state index in [0.717, 1.165) is 17.8 Å². The Kier molecular flexibility index (Phi) is 4.21. The average molecular weight is 422 g/mol. The van der Waals surface area contributed by atoms with E-state index < -0.39 is 26.4 Å². The molecule has 0 unspecified atom stereocenters. The van der Waals surface area contributed by atoms with Gasteiger partial charge in [-0.1, -0.05) is 11.6 Å². The molecule has 11 heteroatoms. The van der Waals surface area contributed by atoms with Gasteiger partial charge in [-0.2, -0.15) is 0 Å². The number of imidazole rings is 1. The molecule has 0 radical (unpaired) electrons. The van der Waals surface area contributed by atoms with Gasteiger partial charge >= 0.3 is 5.69 Å². The van der Waals surface area contributed by atoms with Crippen molar-refractivity contribution in [1.82, 2.24) is 19.5 Å². The lowest BCUT2D eigenvalue weighted by Crippen LogP contribution is -2.19. The Morgan fingerprint density at radius 1 is 1.32 bits per heavy atom. The van der Waals surface area contributed by atoms with E-state index in [0.29, 0.717) is 22.1 Å². The lowest BCUT2D eigenvalue weighted by Gasteiger charge is -2.10. The summed E-state index contributed by atoms with van der Waals surface area (Å²) in [6.07, 6.45) is 1.48. The molecule has 3 heterocycles. The van der Waals surface area contributed by atoms with Crippen molar-refractivity contribution in [2.45, 2.75) is 18.4 Å². The van der Waals surface area contributed by atoms with Crippen LogP contribution in [0, 0.1) is 12.7 Å². The van der Waals surface area contributed by atoms with Gasteiger partial charge in [0, 0.05) is 21.7 Å². The molecule has 3 N–H and O–H groups in total. The molecule has 0 spiro atoms. The highest BCUT2D eigenvalue weighted by atomic mass is 35.5. The maximum absolute atomic E-state index is 14.6. The summed E-state index contributed by atoms with van der Waals surface area (Å²) >= 11 is 6.09. The van der Waals surface area contributed by atoms with Crippen LogP contribution in [-0.4, -0.2) is 27.9 Å². The first-order chi connectivity index (χ1) is 13.1. The summed E-state index contributed by atoms with van der Waals surface area (Å²) in [7, 11) is -4.12. The third-order valence-electron chi connectivity index (χ3n) is 4.36. The van der Waals surface area contributed by atoms with Crippen molar-refractivity contribution in [3.8, 4) is 0 Å². The molecule has 0 aliphatic rings. The number of nitrogens with one attached hydrogen (secondary N) is 1. The third kappa shape index (κ3) is 3.05. The van der Waals surface area contributed by atoms with Gasteiger partial charge in [-0.15, -0.1) is 0 Å². The number of pyridine rings is 2. The Morgan fingerprint density at radius 2 is 2.07 bits per heavy atom. The predicted molar refractivity (Wildman–Crippen MR) is 102 cm³/mol. The molecule has 1 aromatic carbocycles. The number of hydrogen-bond donors (Lipinski definition) is 2. The first-order valence-corrected chi connectivity index (χ1v) is 9.93. The van der Waals surface area contributed by atoms with Crippen molar-refractivity contribution in [3.63, 3.8) is 0 Å². The number of nitrogens with zero attached hydrogens (tertiary/aromatic N) is 3. The molecule has 0 atom stereocenters. The zero-order chi connectivity index (χ0) is 20.2. The molecule has 0 fully saturated rings. The minimum absolute atomic E-state index is 0.0397. The number of H-pyrrole nitrogens is 1. The molecule has 0 aliphatic heterocycles. The molecule has 0 saturated heterocycles. The fourth-order valence-corrected chi connectivity index (χ4v) is 3.91. The Morgan fingerprint density at radius 3 is 2.75 bits per heavy atom. The summed E-state index contributed by atoms with van der Waals surface area (Å²) in [5, 5.41) is 5.48. The number of primary sulfonamides is 1. The molecule has 28 heavy (non-hydrogen) atoms. The number of hydrogen-bond acceptors (Lipinski definition) is 5. The Hall–Kier alpha value is -2.82. The summed E-state index contributed by atoms with van der Waals surface area (Å²) in [6, 6.07) is 5.39. The number of aryl methyl sites for hydroxylation is 1. The number of rotatable bonds is 3. The summed E-state index contributed by atoms with van der Waals surface area (Å²) in [4.78, 5) is 23.3. The van der Waals surface area contributed by atoms with Crippen LogP contribution in [0.4, 0.5) is 4.39 Å². The van der Waals surface area contributed by atoms with Crippen LogP contribution < -0.4 is 10.8 Å². The molecule has 0 amide bonds. The van der Waals surface area contributed by atoms with E-state index in [1.54, 1.807) is 12.1 Å². The van der Waals surface area contributed by atoms with Gasteiger partial charge in [-0.3, -0.25) is 4.57 Å². The van der Waals surface area contributed by atoms with Crippen LogP contribution in [0.3, 0.4) is 0 Å². The molecule has 0 saturated carbocycles. The van der Waals surface area contributed by atoms with Gasteiger partial charge in [0.2, 0.25) is 10.0 Å². The topological polar surface area (TPSA) is 124 Å². The number of sulfonamides is 1. The molecule has 3 aromatic heterocycles. The van der Waals surface area contributed by atoms with Crippen molar-refractivity contribution in [3.05, 3.63) is 63.0 Å². The maximum atomic E-state index is 14.6. The molecular weight excluding hydrogens is 409 g/mol. The quantitative estimate of drug-likeness (QED) is 0.524. The van der Waals surface area contributed by atoms with Crippen LogP contribution in [0.15, 0.2) is 40.2 Å². The Labute approximate surface area is 162 Å². The lowest BCUT2D eigenvalue weighted by atomic mass is 10.2. The van der Waals surface area contributed by atoms with E-state index in [-0.39, 0.29) is 17.1 Å². The lowest BCUT2D eigenvalue weighted by molar-refractivity contribution is 0.583. The van der Waals surface area contributed by atoms with Gasteiger partial charge in [-0.25, -0.2) is 32.7 Å². The first kappa shape index (κ1) is 18.5. The molecule has 0 aliphatic carbocycles. The van der Waals surface area contributed by atoms with E-state index in [1.165, 1.54) is 10.8 Å². The van der Waals surface area contributed by atoms with Gasteiger partial charge in [0.1, 0.15) is 5.82 Å². The van der Waals surface area contributed by atoms with E-state index in [4.69, 9.17) is 16.7 Å². The Balaban J connectivity index is 1.94. The number of fused-ring (bicyclic) bond motifs is 3. The van der Waals surface area contributed by atoms with Crippen LogP contribution in [0.5, 0.6) is 0 Å². The number of benzene rings is 1. The second-order valence-electron chi connectivity index (χ2n) is 6.27. The van der Waals surface area contributed by atoms with Crippen molar-refractivity contribution in [2.24, 2.45) is 5.14 Å². The number of nitrogens with two attached hydrogens (primary N) is 1. The molecule has 4 rings (SSSR count). The third-order valence-corrected chi connectivity index (χ3v) is 5.59. The average Bonchev–Trinajstić information content (AvgIpc) is 2.92. The Bertz CT molecular complexity index is 1410. The highest BCUT2D eigenvalue weighted by molar-refractivity contribution is 7.89. The number of halogens is 2. The number of aromatic nitrogens is 4. The minimum atomic E-state index is -4.12. The standard InChI is InChI=1S/C17H13ClFN5O3S/c1-8-2-3-10-15-14(6-21-16(10)22-8)23-17(25)24(15)7-11-12(18)4-9(5-13(11)19)28(20,26)27/h2-6H,7H2,1H3,(H,23,25)(H2,20,26,27). The molecule has 144 valence electrons. The van der Waals surface area contributed by atoms with Crippen molar-refractivity contribution in [1.29, 1.82) is 0 Å². The predicted octanol–water partition coefficient (Wildman–Crippen LogP) is 2.07. The molecular formula is C17H13ClFN5O3S. The molecule has 0 bridgehead atoms. The monoisotopic (exact) mass is 421 g/mol. The van der Waals surface area contributed by atoms with Gasteiger partial charge in [-0.05, 0) is 31.2 Å². The second kappa shape index (κ2) is 6.36. The maximum Gasteiger partial charge on any atom is 0.326 e. The molecule has 8 nitrogen and oxygen atoms in total. The van der Waals surface area contributed by atoms with Gasteiger partial charge < -0.3 is 4.98 Å². The van der Waals surface area contributed by atoms with Crippen molar-refractivity contribution < 1.29 is 12.8 Å². The van der Waals surface area contributed by atoms with E-state index in [1.807, 2.05) is 6.92 Å². The van der Waals surface area contributed by atoms with E-state index in [2.05, 4.69) is 15.0 Å². The van der Waals surface area contributed by atoms with Crippen LogP contribution in [0.25, 0.3) is 22.1 Å². The van der Waals surface area contributed by atoms with Gasteiger partial charge in [0.25, 0.3) is 0 Å². The highest BCUT2D eigenvalue weighted by Crippen LogP contribution is 2.27. The zero-order valence-electron chi connectivity index (χ0n) is 14.4. The van der Waals surface area contributed by atoms with Gasteiger partial charge in [0.05, 0.1) is 28.7 Å². The SMILES string of the molecule is Cc1ccc2c(ncc3[nH]c(=O)n(Cc4c(F)cc(S(N)(=O)=O)cc4Cl)c32)n1. The van der Waals surface area contributed by atoms with Crippen LogP contribution in [0.1, 0.15) is 11.3 Å². The largest absolute Gasteiger partial charge is 0.326 e. The van der Waals surface area contributed by atoms with Crippen LogP contribution in [-0.2, 0) is 16.6 Å². The fraction of sp³-hybridized carbons (Fsp3) is 0.118. The minimum Gasteiger partial charge on any atom is -0.304 e. The summed E-state index contributed by atoms with van der Waals surface area (Å²) in [6.45, 7) is 1.60. The summed E-state index contributed by atoms with van der Waals surface area (Å²) < 4.78 is 38.8.